The van der Waals surface area contributed by atoms with E-state index in [1.807, 2.05) is 7.05 Å². The number of hydrogen-bond acceptors (Lipinski definition) is 2. The number of primary amides is 1. The zero-order valence-corrected chi connectivity index (χ0v) is 7.18. The molecule has 1 unspecified atom stereocenters. The second kappa shape index (κ2) is 5.97. The maximum absolute atomic E-state index is 10.2. The van der Waals surface area contributed by atoms with E-state index >= 15 is 0 Å². The van der Waals surface area contributed by atoms with Crippen molar-refractivity contribution in [3.05, 3.63) is 0 Å². The van der Waals surface area contributed by atoms with E-state index in [1.54, 1.807) is 0 Å². The molecule has 0 aliphatic rings. The normalized spacial score (nSPS) is 12.5. The number of nitrogens with two attached hydrogens (primary N) is 1. The minimum atomic E-state index is -0.442. The number of hydrogen-bond donors (Lipinski definition) is 3. The van der Waals surface area contributed by atoms with Crippen molar-refractivity contribution in [2.45, 2.75) is 25.8 Å². The van der Waals surface area contributed by atoms with Gasteiger partial charge < -0.3 is 16.4 Å². The molecule has 0 saturated carbocycles. The van der Waals surface area contributed by atoms with Crippen molar-refractivity contribution < 1.29 is 4.79 Å². The summed E-state index contributed by atoms with van der Waals surface area (Å²) in [4.78, 5) is 10.2. The SMILES string of the molecule is CNC(C)CCCNC(N)=O. The minimum absolute atomic E-state index is 0.442. The first-order chi connectivity index (χ1) is 5.16. The summed E-state index contributed by atoms with van der Waals surface area (Å²) in [5.41, 5.74) is 4.88. The van der Waals surface area contributed by atoms with Crippen molar-refractivity contribution in [3.63, 3.8) is 0 Å². The highest BCUT2D eigenvalue weighted by Crippen LogP contribution is 1.92. The first kappa shape index (κ1) is 10.2. The van der Waals surface area contributed by atoms with Crippen LogP contribution in [0.15, 0.2) is 0 Å². The largest absolute Gasteiger partial charge is 0.352 e. The van der Waals surface area contributed by atoms with Gasteiger partial charge in [-0.1, -0.05) is 0 Å². The molecular weight excluding hydrogens is 142 g/mol. The van der Waals surface area contributed by atoms with Crippen LogP contribution in [0.4, 0.5) is 4.79 Å². The Balaban J connectivity index is 3.08. The van der Waals surface area contributed by atoms with Crippen LogP contribution < -0.4 is 16.4 Å². The molecule has 66 valence electrons. The van der Waals surface area contributed by atoms with Gasteiger partial charge in [-0.25, -0.2) is 4.79 Å². The van der Waals surface area contributed by atoms with Gasteiger partial charge in [-0.15, -0.1) is 0 Å². The smallest absolute Gasteiger partial charge is 0.312 e. The summed E-state index contributed by atoms with van der Waals surface area (Å²) < 4.78 is 0. The predicted molar refractivity (Wildman–Crippen MR) is 45.3 cm³/mol. The molecule has 0 radical (unpaired) electrons. The lowest BCUT2D eigenvalue weighted by Gasteiger charge is -2.08. The molecule has 1 atom stereocenters. The summed E-state index contributed by atoms with van der Waals surface area (Å²) in [5, 5.41) is 5.65. The van der Waals surface area contributed by atoms with Crippen LogP contribution in [-0.2, 0) is 0 Å². The van der Waals surface area contributed by atoms with Crippen LogP contribution in [0.5, 0.6) is 0 Å². The average molecular weight is 159 g/mol. The van der Waals surface area contributed by atoms with Gasteiger partial charge in [0.2, 0.25) is 0 Å². The molecule has 0 saturated heterocycles. The number of carbonyl (C=O) groups excluding carboxylic acids is 1. The third kappa shape index (κ3) is 7.12. The van der Waals surface area contributed by atoms with Crippen molar-refractivity contribution in [2.75, 3.05) is 13.6 Å². The number of carbonyl (C=O) groups is 1. The second-order valence-corrected chi connectivity index (χ2v) is 2.62. The Morgan fingerprint density at radius 1 is 1.64 bits per heavy atom. The Morgan fingerprint density at radius 3 is 2.73 bits per heavy atom. The topological polar surface area (TPSA) is 67.2 Å². The second-order valence-electron chi connectivity index (χ2n) is 2.62. The van der Waals surface area contributed by atoms with Crippen LogP contribution in [0.2, 0.25) is 0 Å². The number of rotatable bonds is 5. The van der Waals surface area contributed by atoms with Gasteiger partial charge in [0.25, 0.3) is 0 Å². The first-order valence-electron chi connectivity index (χ1n) is 3.87. The predicted octanol–water partition coefficient (Wildman–Crippen LogP) is 0.0428. The van der Waals surface area contributed by atoms with E-state index in [0.29, 0.717) is 12.6 Å². The maximum Gasteiger partial charge on any atom is 0.312 e. The van der Waals surface area contributed by atoms with Crippen molar-refractivity contribution in [3.8, 4) is 0 Å². The molecule has 0 aromatic carbocycles. The zero-order chi connectivity index (χ0) is 8.69. The highest BCUT2D eigenvalue weighted by molar-refractivity contribution is 5.71. The summed E-state index contributed by atoms with van der Waals surface area (Å²) in [5.74, 6) is 0. The molecule has 0 aromatic heterocycles. The first-order valence-corrected chi connectivity index (χ1v) is 3.87. The van der Waals surface area contributed by atoms with Crippen LogP contribution in [0, 0.1) is 0 Å². The Bertz CT molecular complexity index is 116. The van der Waals surface area contributed by atoms with Crippen molar-refractivity contribution in [2.24, 2.45) is 5.73 Å². The molecule has 0 heterocycles. The van der Waals surface area contributed by atoms with Gasteiger partial charge >= 0.3 is 6.03 Å². The van der Waals surface area contributed by atoms with E-state index in [9.17, 15) is 4.79 Å². The summed E-state index contributed by atoms with van der Waals surface area (Å²) in [6.45, 7) is 2.77. The summed E-state index contributed by atoms with van der Waals surface area (Å²) >= 11 is 0. The molecule has 2 amide bonds. The summed E-state index contributed by atoms with van der Waals surface area (Å²) in [7, 11) is 1.92. The van der Waals surface area contributed by atoms with E-state index in [0.717, 1.165) is 12.8 Å². The zero-order valence-electron chi connectivity index (χ0n) is 7.18. The molecular formula is C7H17N3O. The summed E-state index contributed by atoms with van der Waals surface area (Å²) in [6, 6.07) is 0.0618. The standard InChI is InChI=1S/C7H17N3O/c1-6(9-2)4-3-5-10-7(8)11/h6,9H,3-5H2,1-2H3,(H3,8,10,11). The van der Waals surface area contributed by atoms with Gasteiger partial charge in [0.15, 0.2) is 0 Å². The Morgan fingerprint density at radius 2 is 2.27 bits per heavy atom. The fourth-order valence-corrected chi connectivity index (χ4v) is 0.764. The Hall–Kier alpha value is -0.770. The molecule has 4 nitrogen and oxygen atoms in total. The van der Waals surface area contributed by atoms with Crippen molar-refractivity contribution >= 4 is 6.03 Å². The van der Waals surface area contributed by atoms with Gasteiger partial charge in [0.05, 0.1) is 0 Å². The van der Waals surface area contributed by atoms with Gasteiger partial charge in [-0.3, -0.25) is 0 Å². The third-order valence-corrected chi connectivity index (χ3v) is 1.61. The fourth-order valence-electron chi connectivity index (χ4n) is 0.764. The maximum atomic E-state index is 10.2. The van der Waals surface area contributed by atoms with Gasteiger partial charge in [-0.2, -0.15) is 0 Å². The van der Waals surface area contributed by atoms with Crippen LogP contribution >= 0.6 is 0 Å². The average Bonchev–Trinajstić information content (AvgIpc) is 1.97. The Labute approximate surface area is 67.5 Å². The monoisotopic (exact) mass is 159 g/mol. The van der Waals surface area contributed by atoms with Crippen LogP contribution in [0.3, 0.4) is 0 Å². The molecule has 0 fully saturated rings. The van der Waals surface area contributed by atoms with Gasteiger partial charge in [-0.05, 0) is 26.8 Å². The number of nitrogens with one attached hydrogen (secondary N) is 2. The quantitative estimate of drug-likeness (QED) is 0.496. The Kier molecular flexibility index (Phi) is 5.56. The van der Waals surface area contributed by atoms with Gasteiger partial charge in [0.1, 0.15) is 0 Å². The molecule has 0 bridgehead atoms. The molecule has 4 heteroatoms. The van der Waals surface area contributed by atoms with E-state index in [1.165, 1.54) is 0 Å². The lowest BCUT2D eigenvalue weighted by atomic mass is 10.2. The molecule has 0 spiro atoms. The van der Waals surface area contributed by atoms with Gasteiger partial charge in [0, 0.05) is 12.6 Å². The number of urea groups is 1. The highest BCUT2D eigenvalue weighted by atomic mass is 16.2. The molecule has 4 N–H and O–H groups in total. The van der Waals surface area contributed by atoms with Crippen LogP contribution in [0.1, 0.15) is 19.8 Å². The summed E-state index contributed by atoms with van der Waals surface area (Å²) in [6.07, 6.45) is 2.02. The molecule has 0 aliphatic carbocycles. The van der Waals surface area contributed by atoms with Crippen LogP contribution in [0.25, 0.3) is 0 Å². The molecule has 0 rings (SSSR count). The van der Waals surface area contributed by atoms with Crippen molar-refractivity contribution in [1.29, 1.82) is 0 Å². The van der Waals surface area contributed by atoms with Crippen molar-refractivity contribution in [1.82, 2.24) is 10.6 Å². The lowest BCUT2D eigenvalue weighted by Crippen LogP contribution is -2.31. The fraction of sp³-hybridized carbons (Fsp3) is 0.857. The van der Waals surface area contributed by atoms with E-state index in [2.05, 4.69) is 17.6 Å². The molecule has 0 aliphatic heterocycles. The molecule has 0 aromatic rings. The highest BCUT2D eigenvalue weighted by Gasteiger charge is 1.97. The molecule has 11 heavy (non-hydrogen) atoms. The van der Waals surface area contributed by atoms with E-state index in [4.69, 9.17) is 5.73 Å². The van der Waals surface area contributed by atoms with Crippen LogP contribution in [-0.4, -0.2) is 25.7 Å². The minimum Gasteiger partial charge on any atom is -0.352 e. The van der Waals surface area contributed by atoms with E-state index in [-0.39, 0.29) is 0 Å². The number of amides is 2. The third-order valence-electron chi connectivity index (χ3n) is 1.61. The lowest BCUT2D eigenvalue weighted by molar-refractivity contribution is 0.248. The van der Waals surface area contributed by atoms with E-state index < -0.39 is 6.03 Å².